The predicted molar refractivity (Wildman–Crippen MR) is 64.4 cm³/mol. The Morgan fingerprint density at radius 1 is 1.35 bits per heavy atom. The zero-order valence-electron chi connectivity index (χ0n) is 10.9. The minimum atomic E-state index is -0.502. The second kappa shape index (κ2) is 5.22. The van der Waals surface area contributed by atoms with Gasteiger partial charge in [-0.25, -0.2) is 4.79 Å². The van der Waals surface area contributed by atoms with Crippen LogP contribution in [0, 0.1) is 11.8 Å². The lowest BCUT2D eigenvalue weighted by Crippen LogP contribution is -2.39. The van der Waals surface area contributed by atoms with Crippen molar-refractivity contribution >= 4 is 11.9 Å². The average Bonchev–Trinajstić information content (AvgIpc) is 2.59. The van der Waals surface area contributed by atoms with E-state index in [0.717, 1.165) is 12.8 Å². The molecule has 0 radical (unpaired) electrons. The van der Waals surface area contributed by atoms with Crippen LogP contribution in [-0.2, 0) is 9.53 Å². The van der Waals surface area contributed by atoms with Crippen molar-refractivity contribution in [3.05, 3.63) is 0 Å². The molecule has 1 fully saturated rings. The number of Topliss-reactive ketones (excluding diaryl/α,β-unsaturated/α-hetero) is 1. The molecule has 94 valence electrons. The quantitative estimate of drug-likeness (QED) is 0.478. The van der Waals surface area contributed by atoms with Crippen LogP contribution >= 0.6 is 0 Å². The lowest BCUT2D eigenvalue weighted by atomic mass is 10.2. The molecule has 1 heterocycles. The van der Waals surface area contributed by atoms with Gasteiger partial charge in [0.05, 0.1) is 6.04 Å². The van der Waals surface area contributed by atoms with Gasteiger partial charge < -0.3 is 4.74 Å². The molecule has 1 amide bonds. The third-order valence-corrected chi connectivity index (χ3v) is 2.30. The van der Waals surface area contributed by atoms with Crippen molar-refractivity contribution in [2.75, 3.05) is 6.54 Å². The van der Waals surface area contributed by atoms with Crippen LogP contribution in [0.1, 0.15) is 40.5 Å². The van der Waals surface area contributed by atoms with Gasteiger partial charge in [0, 0.05) is 13.5 Å². The second-order valence-corrected chi connectivity index (χ2v) is 5.16. The first-order valence-corrected chi connectivity index (χ1v) is 5.81. The number of carbonyl (C=O) groups excluding carboxylic acids is 2. The van der Waals surface area contributed by atoms with Crippen molar-refractivity contribution in [2.45, 2.75) is 52.2 Å². The Balaban J connectivity index is 2.67. The molecular formula is C13H19NO3. The number of likely N-dealkylation sites (tertiary alicyclic amines) is 1. The molecule has 0 N–H and O–H groups in total. The summed E-state index contributed by atoms with van der Waals surface area (Å²) in [6.07, 6.45) is 1.36. The van der Waals surface area contributed by atoms with E-state index in [1.54, 1.807) is 4.90 Å². The van der Waals surface area contributed by atoms with Crippen LogP contribution in [0.5, 0.6) is 0 Å². The lowest BCUT2D eigenvalue weighted by molar-refractivity contribution is -0.111. The molecule has 0 spiro atoms. The van der Waals surface area contributed by atoms with Gasteiger partial charge in [0.25, 0.3) is 0 Å². The number of amides is 1. The zero-order chi connectivity index (χ0) is 13.1. The number of ether oxygens (including phenoxy) is 1. The molecule has 1 unspecified atom stereocenters. The van der Waals surface area contributed by atoms with Gasteiger partial charge in [-0.3, -0.25) is 9.69 Å². The zero-order valence-corrected chi connectivity index (χ0v) is 10.9. The average molecular weight is 237 g/mol. The summed E-state index contributed by atoms with van der Waals surface area (Å²) < 4.78 is 5.29. The summed E-state index contributed by atoms with van der Waals surface area (Å²) >= 11 is 0. The maximum absolute atomic E-state index is 11.9. The number of rotatable bonds is 0. The topological polar surface area (TPSA) is 46.6 Å². The molecule has 1 rings (SSSR count). The van der Waals surface area contributed by atoms with E-state index in [4.69, 9.17) is 4.74 Å². The fraction of sp³-hybridized carbons (Fsp3) is 0.692. The number of carbonyl (C=O) groups is 2. The molecule has 4 nitrogen and oxygen atoms in total. The van der Waals surface area contributed by atoms with Gasteiger partial charge in [-0.2, -0.15) is 0 Å². The van der Waals surface area contributed by atoms with Crippen LogP contribution in [-0.4, -0.2) is 35.0 Å². The molecule has 4 heteroatoms. The highest BCUT2D eigenvalue weighted by Crippen LogP contribution is 2.20. The van der Waals surface area contributed by atoms with Crippen LogP contribution in [0.3, 0.4) is 0 Å². The Morgan fingerprint density at radius 3 is 2.53 bits per heavy atom. The highest BCUT2D eigenvalue weighted by molar-refractivity contribution is 5.93. The molecule has 1 saturated heterocycles. The first kappa shape index (κ1) is 13.6. The Kier molecular flexibility index (Phi) is 4.17. The summed E-state index contributed by atoms with van der Waals surface area (Å²) in [5.41, 5.74) is -0.502. The third-order valence-electron chi connectivity index (χ3n) is 2.30. The van der Waals surface area contributed by atoms with Crippen LogP contribution in [0.15, 0.2) is 0 Å². The van der Waals surface area contributed by atoms with Crippen LogP contribution in [0.25, 0.3) is 0 Å². The van der Waals surface area contributed by atoms with E-state index in [2.05, 4.69) is 11.8 Å². The van der Waals surface area contributed by atoms with Crippen molar-refractivity contribution < 1.29 is 14.3 Å². The molecule has 0 saturated carbocycles. The molecule has 0 aromatic heterocycles. The van der Waals surface area contributed by atoms with Crippen molar-refractivity contribution in [1.82, 2.24) is 4.90 Å². The Morgan fingerprint density at radius 2 is 2.00 bits per heavy atom. The molecule has 1 aliphatic heterocycles. The van der Waals surface area contributed by atoms with Gasteiger partial charge in [-0.05, 0) is 39.5 Å². The van der Waals surface area contributed by atoms with Crippen LogP contribution in [0.2, 0.25) is 0 Å². The van der Waals surface area contributed by atoms with Gasteiger partial charge in [-0.15, -0.1) is 0 Å². The summed E-state index contributed by atoms with van der Waals surface area (Å²) in [6, 6.07) is -0.186. The normalized spacial score (nSPS) is 19.5. The molecule has 0 aliphatic carbocycles. The molecule has 0 bridgehead atoms. The molecule has 0 aromatic rings. The monoisotopic (exact) mass is 237 g/mol. The third kappa shape index (κ3) is 4.48. The fourth-order valence-electron chi connectivity index (χ4n) is 1.64. The largest absolute Gasteiger partial charge is 0.444 e. The molecule has 1 atom stereocenters. The van der Waals surface area contributed by atoms with Gasteiger partial charge in [0.1, 0.15) is 5.60 Å². The Labute approximate surface area is 102 Å². The van der Waals surface area contributed by atoms with E-state index < -0.39 is 5.60 Å². The maximum atomic E-state index is 11.9. The summed E-state index contributed by atoms with van der Waals surface area (Å²) in [5, 5.41) is 0. The van der Waals surface area contributed by atoms with Crippen LogP contribution in [0.4, 0.5) is 4.79 Å². The SMILES string of the molecule is CC(=O)C#CC1CCCN1C(=O)OC(C)(C)C. The first-order valence-electron chi connectivity index (χ1n) is 5.81. The second-order valence-electron chi connectivity index (χ2n) is 5.16. The van der Waals surface area contributed by atoms with E-state index in [1.165, 1.54) is 6.92 Å². The lowest BCUT2D eigenvalue weighted by Gasteiger charge is -2.26. The van der Waals surface area contributed by atoms with Gasteiger partial charge in [0.15, 0.2) is 0 Å². The van der Waals surface area contributed by atoms with Crippen LogP contribution < -0.4 is 0 Å². The fourth-order valence-corrected chi connectivity index (χ4v) is 1.64. The van der Waals surface area contributed by atoms with Gasteiger partial charge in [-0.1, -0.05) is 5.92 Å². The number of nitrogens with zero attached hydrogens (tertiary/aromatic N) is 1. The Bertz CT molecular complexity index is 370. The molecule has 1 aliphatic rings. The summed E-state index contributed by atoms with van der Waals surface area (Å²) in [7, 11) is 0. The predicted octanol–water partition coefficient (Wildman–Crippen LogP) is 1.98. The van der Waals surface area contributed by atoms with Gasteiger partial charge >= 0.3 is 6.09 Å². The summed E-state index contributed by atoms with van der Waals surface area (Å²) in [6.45, 7) is 7.55. The van der Waals surface area contributed by atoms with Crippen molar-refractivity contribution in [2.24, 2.45) is 0 Å². The summed E-state index contributed by atoms with van der Waals surface area (Å²) in [4.78, 5) is 24.3. The van der Waals surface area contributed by atoms with E-state index in [9.17, 15) is 9.59 Å². The maximum Gasteiger partial charge on any atom is 0.411 e. The number of hydrogen-bond acceptors (Lipinski definition) is 3. The highest BCUT2D eigenvalue weighted by atomic mass is 16.6. The van der Waals surface area contributed by atoms with E-state index >= 15 is 0 Å². The smallest absolute Gasteiger partial charge is 0.411 e. The molecule has 17 heavy (non-hydrogen) atoms. The van der Waals surface area contributed by atoms with E-state index in [0.29, 0.717) is 6.54 Å². The standard InChI is InChI=1S/C13H19NO3/c1-10(15)7-8-11-6-5-9-14(11)12(16)17-13(2,3)4/h11H,5-6,9H2,1-4H3. The van der Waals surface area contributed by atoms with Crippen molar-refractivity contribution in [1.29, 1.82) is 0 Å². The first-order chi connectivity index (χ1) is 7.79. The summed E-state index contributed by atoms with van der Waals surface area (Å²) in [5.74, 6) is 5.14. The van der Waals surface area contributed by atoms with Gasteiger partial charge in [0.2, 0.25) is 5.78 Å². The highest BCUT2D eigenvalue weighted by Gasteiger charge is 2.31. The molecular weight excluding hydrogens is 218 g/mol. The van der Waals surface area contributed by atoms with Crippen molar-refractivity contribution in [3.8, 4) is 11.8 Å². The Hall–Kier alpha value is -1.50. The minimum Gasteiger partial charge on any atom is -0.444 e. The van der Waals surface area contributed by atoms with E-state index in [1.807, 2.05) is 20.8 Å². The number of ketones is 1. The minimum absolute atomic E-state index is 0.180. The molecule has 0 aromatic carbocycles. The number of hydrogen-bond donors (Lipinski definition) is 0. The van der Waals surface area contributed by atoms with E-state index in [-0.39, 0.29) is 17.9 Å². The van der Waals surface area contributed by atoms with Crippen molar-refractivity contribution in [3.63, 3.8) is 0 Å².